The highest BCUT2D eigenvalue weighted by Crippen LogP contribution is 2.26. The van der Waals surface area contributed by atoms with Crippen LogP contribution in [0.4, 0.5) is 10.1 Å². The number of rotatable bonds is 2. The molecule has 0 aliphatic carbocycles. The maximum atomic E-state index is 13.0. The first kappa shape index (κ1) is 11.0. The normalized spacial score (nSPS) is 10.1. The second-order valence-corrected chi connectivity index (χ2v) is 4.10. The van der Waals surface area contributed by atoms with E-state index in [0.29, 0.717) is 21.7 Å². The zero-order chi connectivity index (χ0) is 11.5. The van der Waals surface area contributed by atoms with Crippen molar-refractivity contribution >= 4 is 21.6 Å². The fraction of sp³-hybridized carbons (Fsp3) is 0. The Morgan fingerprint density at radius 2 is 1.62 bits per heavy atom. The smallest absolute Gasteiger partial charge is 0.137 e. The molecule has 2 nitrogen and oxygen atoms in total. The highest BCUT2D eigenvalue weighted by atomic mass is 79.9. The molecule has 0 atom stereocenters. The second-order valence-electron chi connectivity index (χ2n) is 3.25. The summed E-state index contributed by atoms with van der Waals surface area (Å²) in [5.74, 6) is 0.912. The third kappa shape index (κ3) is 2.52. The third-order valence-electron chi connectivity index (χ3n) is 2.01. The summed E-state index contributed by atoms with van der Waals surface area (Å²) in [6.45, 7) is 0. The van der Waals surface area contributed by atoms with Crippen molar-refractivity contribution in [2.45, 2.75) is 0 Å². The van der Waals surface area contributed by atoms with Crippen molar-refractivity contribution in [1.82, 2.24) is 0 Å². The highest BCUT2D eigenvalue weighted by Gasteiger charge is 2.02. The number of anilines is 1. The van der Waals surface area contributed by atoms with E-state index in [2.05, 4.69) is 15.9 Å². The van der Waals surface area contributed by atoms with Crippen molar-refractivity contribution in [2.24, 2.45) is 0 Å². The van der Waals surface area contributed by atoms with E-state index in [1.165, 1.54) is 6.07 Å². The first-order valence-electron chi connectivity index (χ1n) is 4.63. The minimum atomic E-state index is -0.315. The van der Waals surface area contributed by atoms with Crippen LogP contribution < -0.4 is 10.5 Å². The summed E-state index contributed by atoms with van der Waals surface area (Å²) in [7, 11) is 0. The molecule has 2 aromatic rings. The Kier molecular flexibility index (Phi) is 3.10. The quantitative estimate of drug-likeness (QED) is 0.846. The lowest BCUT2D eigenvalue weighted by Crippen LogP contribution is -1.87. The summed E-state index contributed by atoms with van der Waals surface area (Å²) in [5, 5.41) is 0. The fourth-order valence-electron chi connectivity index (χ4n) is 1.21. The van der Waals surface area contributed by atoms with E-state index in [9.17, 15) is 4.39 Å². The number of benzene rings is 2. The van der Waals surface area contributed by atoms with E-state index in [0.717, 1.165) is 0 Å². The predicted octanol–water partition coefficient (Wildman–Crippen LogP) is 3.96. The lowest BCUT2D eigenvalue weighted by Gasteiger charge is -2.06. The minimum absolute atomic E-state index is 0.315. The third-order valence-corrected chi connectivity index (χ3v) is 2.61. The molecule has 0 unspecified atom stereocenters. The van der Waals surface area contributed by atoms with Gasteiger partial charge >= 0.3 is 0 Å². The van der Waals surface area contributed by atoms with Gasteiger partial charge in [-0.15, -0.1) is 0 Å². The van der Waals surface area contributed by atoms with Crippen molar-refractivity contribution in [3.63, 3.8) is 0 Å². The lowest BCUT2D eigenvalue weighted by atomic mass is 10.3. The van der Waals surface area contributed by atoms with E-state index >= 15 is 0 Å². The van der Waals surface area contributed by atoms with Gasteiger partial charge in [-0.25, -0.2) is 4.39 Å². The minimum Gasteiger partial charge on any atom is -0.457 e. The number of halogens is 2. The summed E-state index contributed by atoms with van der Waals surface area (Å²) in [6.07, 6.45) is 0. The maximum Gasteiger partial charge on any atom is 0.137 e. The van der Waals surface area contributed by atoms with Crippen LogP contribution in [0.5, 0.6) is 11.5 Å². The summed E-state index contributed by atoms with van der Waals surface area (Å²) >= 11 is 3.10. The molecule has 0 aliphatic heterocycles. The van der Waals surface area contributed by atoms with Gasteiger partial charge in [0.15, 0.2) is 0 Å². The Morgan fingerprint density at radius 3 is 2.25 bits per heavy atom. The molecule has 2 aromatic carbocycles. The molecule has 0 fully saturated rings. The van der Waals surface area contributed by atoms with E-state index in [1.807, 2.05) is 0 Å². The molecule has 0 saturated heterocycles. The SMILES string of the molecule is Nc1ccc(Oc2ccc(F)c(Br)c2)cc1. The van der Waals surface area contributed by atoms with Crippen LogP contribution in [0.3, 0.4) is 0 Å². The molecule has 0 saturated carbocycles. The van der Waals surface area contributed by atoms with Gasteiger partial charge < -0.3 is 10.5 Å². The molecular formula is C12H9BrFNO. The molecule has 0 spiro atoms. The van der Waals surface area contributed by atoms with Gasteiger partial charge in [0, 0.05) is 5.69 Å². The summed E-state index contributed by atoms with van der Waals surface area (Å²) in [6, 6.07) is 11.5. The first-order chi connectivity index (χ1) is 7.65. The van der Waals surface area contributed by atoms with Crippen molar-refractivity contribution in [3.05, 3.63) is 52.8 Å². The van der Waals surface area contributed by atoms with Gasteiger partial charge in [0.1, 0.15) is 17.3 Å². The van der Waals surface area contributed by atoms with Crippen LogP contribution in [-0.4, -0.2) is 0 Å². The van der Waals surface area contributed by atoms with Crippen LogP contribution in [0.2, 0.25) is 0 Å². The van der Waals surface area contributed by atoms with Crippen LogP contribution in [0.1, 0.15) is 0 Å². The lowest BCUT2D eigenvalue weighted by molar-refractivity contribution is 0.480. The number of hydrogen-bond donors (Lipinski definition) is 1. The van der Waals surface area contributed by atoms with Crippen molar-refractivity contribution in [1.29, 1.82) is 0 Å². The van der Waals surface area contributed by atoms with Gasteiger partial charge in [0.25, 0.3) is 0 Å². The largest absolute Gasteiger partial charge is 0.457 e. The molecule has 0 aromatic heterocycles. The molecular weight excluding hydrogens is 273 g/mol. The van der Waals surface area contributed by atoms with Crippen LogP contribution >= 0.6 is 15.9 Å². The maximum absolute atomic E-state index is 13.0. The van der Waals surface area contributed by atoms with Crippen molar-refractivity contribution < 1.29 is 9.13 Å². The van der Waals surface area contributed by atoms with Gasteiger partial charge in [-0.2, -0.15) is 0 Å². The Balaban J connectivity index is 2.20. The molecule has 2 N–H and O–H groups in total. The molecule has 2 rings (SSSR count). The summed E-state index contributed by atoms with van der Waals surface area (Å²) < 4.78 is 18.9. The molecule has 0 amide bonds. The van der Waals surface area contributed by atoms with Gasteiger partial charge in [-0.1, -0.05) is 0 Å². The molecule has 82 valence electrons. The van der Waals surface area contributed by atoms with E-state index < -0.39 is 0 Å². The monoisotopic (exact) mass is 281 g/mol. The number of hydrogen-bond acceptors (Lipinski definition) is 2. The molecule has 0 bridgehead atoms. The average molecular weight is 282 g/mol. The number of nitrogens with two attached hydrogens (primary N) is 1. The van der Waals surface area contributed by atoms with Crippen LogP contribution in [0, 0.1) is 5.82 Å². The van der Waals surface area contributed by atoms with Gasteiger partial charge in [0.05, 0.1) is 4.47 Å². The molecule has 0 aliphatic rings. The van der Waals surface area contributed by atoms with E-state index in [-0.39, 0.29) is 5.82 Å². The zero-order valence-electron chi connectivity index (χ0n) is 8.28. The standard InChI is InChI=1S/C12H9BrFNO/c13-11-7-10(5-6-12(11)14)16-9-3-1-8(15)2-4-9/h1-7H,15H2. The Bertz CT molecular complexity index is 499. The van der Waals surface area contributed by atoms with Gasteiger partial charge in [-0.05, 0) is 58.4 Å². The van der Waals surface area contributed by atoms with Crippen molar-refractivity contribution in [2.75, 3.05) is 5.73 Å². The predicted molar refractivity (Wildman–Crippen MR) is 65.0 cm³/mol. The van der Waals surface area contributed by atoms with E-state index in [1.54, 1.807) is 36.4 Å². The molecule has 4 heteroatoms. The Labute approximate surface area is 101 Å². The number of nitrogen functional groups attached to an aromatic ring is 1. The zero-order valence-corrected chi connectivity index (χ0v) is 9.87. The number of ether oxygens (including phenoxy) is 1. The van der Waals surface area contributed by atoms with Crippen LogP contribution in [0.25, 0.3) is 0 Å². The van der Waals surface area contributed by atoms with Crippen molar-refractivity contribution in [3.8, 4) is 11.5 Å². The fourth-order valence-corrected chi connectivity index (χ4v) is 1.57. The summed E-state index contributed by atoms with van der Waals surface area (Å²) in [4.78, 5) is 0. The summed E-state index contributed by atoms with van der Waals surface area (Å²) in [5.41, 5.74) is 6.23. The Hall–Kier alpha value is -1.55. The van der Waals surface area contributed by atoms with Gasteiger partial charge in [-0.3, -0.25) is 0 Å². The molecule has 16 heavy (non-hydrogen) atoms. The van der Waals surface area contributed by atoms with Crippen LogP contribution in [-0.2, 0) is 0 Å². The molecule has 0 heterocycles. The van der Waals surface area contributed by atoms with E-state index in [4.69, 9.17) is 10.5 Å². The van der Waals surface area contributed by atoms with Crippen LogP contribution in [0.15, 0.2) is 46.9 Å². The first-order valence-corrected chi connectivity index (χ1v) is 5.43. The second kappa shape index (κ2) is 4.53. The highest BCUT2D eigenvalue weighted by molar-refractivity contribution is 9.10. The molecule has 0 radical (unpaired) electrons. The average Bonchev–Trinajstić information content (AvgIpc) is 2.27. The topological polar surface area (TPSA) is 35.2 Å². The van der Waals surface area contributed by atoms with Gasteiger partial charge in [0.2, 0.25) is 0 Å². The Morgan fingerprint density at radius 1 is 1.00 bits per heavy atom.